The van der Waals surface area contributed by atoms with Crippen LogP contribution in [0.3, 0.4) is 0 Å². The molecule has 7 heteroatoms. The number of amides is 2. The molecule has 1 heterocycles. The van der Waals surface area contributed by atoms with Gasteiger partial charge in [-0.05, 0) is 43.4 Å². The Morgan fingerprint density at radius 3 is 2.44 bits per heavy atom. The number of anilines is 1. The zero-order chi connectivity index (χ0) is 19.4. The predicted octanol–water partition coefficient (Wildman–Crippen LogP) is 2.75. The first-order chi connectivity index (χ1) is 13.0. The van der Waals surface area contributed by atoms with Crippen molar-refractivity contribution in [1.82, 2.24) is 5.32 Å². The number of ether oxygens (including phenoxy) is 1. The largest absolute Gasteiger partial charge is 0.467 e. The molecule has 1 saturated carbocycles. The first-order valence-corrected chi connectivity index (χ1v) is 10.6. The minimum absolute atomic E-state index is 0.0668. The van der Waals surface area contributed by atoms with E-state index in [-0.39, 0.29) is 24.2 Å². The second-order valence-corrected chi connectivity index (χ2v) is 8.11. The molecule has 27 heavy (non-hydrogen) atoms. The number of rotatable bonds is 5. The van der Waals surface area contributed by atoms with Crippen LogP contribution in [0.5, 0.6) is 0 Å². The Morgan fingerprint density at radius 2 is 1.85 bits per heavy atom. The van der Waals surface area contributed by atoms with Crippen LogP contribution in [-0.4, -0.2) is 43.2 Å². The molecule has 0 bridgehead atoms. The van der Waals surface area contributed by atoms with Crippen molar-refractivity contribution in [2.75, 3.05) is 24.8 Å². The summed E-state index contributed by atoms with van der Waals surface area (Å²) in [6, 6.07) is 7.74. The molecule has 1 aliphatic carbocycles. The van der Waals surface area contributed by atoms with Gasteiger partial charge in [0.1, 0.15) is 5.54 Å². The van der Waals surface area contributed by atoms with Gasteiger partial charge in [-0.1, -0.05) is 19.3 Å². The molecule has 0 radical (unpaired) electrons. The topological polar surface area (TPSA) is 75.7 Å². The molecule has 146 valence electrons. The Balaban J connectivity index is 1.70. The van der Waals surface area contributed by atoms with E-state index in [9.17, 15) is 14.4 Å². The second kappa shape index (κ2) is 8.33. The Labute approximate surface area is 164 Å². The highest BCUT2D eigenvalue weighted by molar-refractivity contribution is 7.98. The molecule has 0 aromatic heterocycles. The minimum Gasteiger partial charge on any atom is -0.467 e. The van der Waals surface area contributed by atoms with E-state index in [0.29, 0.717) is 19.4 Å². The van der Waals surface area contributed by atoms with E-state index in [4.69, 9.17) is 4.74 Å². The number of nitrogens with zero attached hydrogens (tertiary/aromatic N) is 1. The van der Waals surface area contributed by atoms with Crippen LogP contribution in [0.15, 0.2) is 29.2 Å². The van der Waals surface area contributed by atoms with Crippen molar-refractivity contribution >= 4 is 35.2 Å². The van der Waals surface area contributed by atoms with Crippen LogP contribution in [-0.2, 0) is 19.1 Å². The zero-order valence-electron chi connectivity index (χ0n) is 15.8. The molecule has 1 N–H and O–H groups in total. The molecular formula is C20H26N2O4S. The molecule has 2 fully saturated rings. The van der Waals surface area contributed by atoms with Crippen LogP contribution >= 0.6 is 11.8 Å². The van der Waals surface area contributed by atoms with Gasteiger partial charge >= 0.3 is 5.97 Å². The molecule has 3 rings (SSSR count). The quantitative estimate of drug-likeness (QED) is 0.618. The van der Waals surface area contributed by atoms with E-state index in [2.05, 4.69) is 5.32 Å². The number of hydrogen-bond acceptors (Lipinski definition) is 5. The first kappa shape index (κ1) is 19.7. The maximum Gasteiger partial charge on any atom is 0.331 e. The molecule has 1 atom stereocenters. The van der Waals surface area contributed by atoms with Gasteiger partial charge in [-0.25, -0.2) is 4.79 Å². The molecule has 0 unspecified atom stereocenters. The summed E-state index contributed by atoms with van der Waals surface area (Å²) < 4.78 is 4.96. The number of carbonyl (C=O) groups excluding carboxylic acids is 3. The normalized spacial score (nSPS) is 21.8. The van der Waals surface area contributed by atoms with Crippen LogP contribution in [0.25, 0.3) is 0 Å². The third-order valence-electron chi connectivity index (χ3n) is 5.53. The summed E-state index contributed by atoms with van der Waals surface area (Å²) in [5.41, 5.74) is -0.144. The first-order valence-electron chi connectivity index (χ1n) is 9.34. The number of thioether (sulfide) groups is 1. The number of methoxy groups -OCH3 is 1. The lowest BCUT2D eigenvalue weighted by atomic mass is 9.81. The Bertz CT molecular complexity index is 713. The summed E-state index contributed by atoms with van der Waals surface area (Å²) in [5.74, 6) is -1.15. The van der Waals surface area contributed by atoms with Crippen molar-refractivity contribution in [3.8, 4) is 0 Å². The number of benzene rings is 1. The van der Waals surface area contributed by atoms with Crippen molar-refractivity contribution in [2.45, 2.75) is 49.0 Å². The van der Waals surface area contributed by atoms with Crippen molar-refractivity contribution in [3.05, 3.63) is 24.3 Å². The number of carbonyl (C=O) groups is 3. The van der Waals surface area contributed by atoms with Gasteiger partial charge in [0.2, 0.25) is 11.8 Å². The third-order valence-corrected chi connectivity index (χ3v) is 6.27. The van der Waals surface area contributed by atoms with Crippen LogP contribution in [0.4, 0.5) is 5.69 Å². The summed E-state index contributed by atoms with van der Waals surface area (Å²) in [6.45, 7) is 0.334. The highest BCUT2D eigenvalue weighted by atomic mass is 32.2. The lowest BCUT2D eigenvalue weighted by molar-refractivity contribution is -0.153. The maximum atomic E-state index is 12.9. The van der Waals surface area contributed by atoms with E-state index >= 15 is 0 Å². The SMILES string of the molecule is COC(=O)C1(NC(=O)[C@@H]2CC(=O)N(c3ccc(SC)cc3)C2)CCCCC1. The van der Waals surface area contributed by atoms with E-state index in [1.165, 1.54) is 7.11 Å². The molecule has 1 aromatic carbocycles. The average molecular weight is 391 g/mol. The molecule has 2 aliphatic rings. The van der Waals surface area contributed by atoms with E-state index in [1.54, 1.807) is 16.7 Å². The van der Waals surface area contributed by atoms with Crippen molar-refractivity contribution in [2.24, 2.45) is 5.92 Å². The summed E-state index contributed by atoms with van der Waals surface area (Å²) in [7, 11) is 1.35. The summed E-state index contributed by atoms with van der Waals surface area (Å²) >= 11 is 1.64. The van der Waals surface area contributed by atoms with Gasteiger partial charge in [-0.15, -0.1) is 11.8 Å². The molecule has 6 nitrogen and oxygen atoms in total. The van der Waals surface area contributed by atoms with Crippen molar-refractivity contribution in [3.63, 3.8) is 0 Å². The molecule has 1 saturated heterocycles. The van der Waals surface area contributed by atoms with E-state index in [1.807, 2.05) is 30.5 Å². The third kappa shape index (κ3) is 4.13. The molecule has 2 amide bonds. The Morgan fingerprint density at radius 1 is 1.19 bits per heavy atom. The minimum atomic E-state index is -0.944. The number of hydrogen-bond donors (Lipinski definition) is 1. The fourth-order valence-electron chi connectivity index (χ4n) is 3.96. The van der Waals surface area contributed by atoms with Crippen LogP contribution in [0.1, 0.15) is 38.5 Å². The number of nitrogens with one attached hydrogen (secondary N) is 1. The predicted molar refractivity (Wildman–Crippen MR) is 105 cm³/mol. The van der Waals surface area contributed by atoms with Crippen LogP contribution in [0.2, 0.25) is 0 Å². The Kier molecular flexibility index (Phi) is 6.09. The van der Waals surface area contributed by atoms with Gasteiger partial charge < -0.3 is 15.0 Å². The van der Waals surface area contributed by atoms with Gasteiger partial charge in [0, 0.05) is 23.5 Å². The zero-order valence-corrected chi connectivity index (χ0v) is 16.6. The Hall–Kier alpha value is -2.02. The second-order valence-electron chi connectivity index (χ2n) is 7.23. The average Bonchev–Trinajstić information content (AvgIpc) is 3.10. The van der Waals surface area contributed by atoms with Crippen molar-refractivity contribution < 1.29 is 19.1 Å². The van der Waals surface area contributed by atoms with E-state index in [0.717, 1.165) is 29.8 Å². The monoisotopic (exact) mass is 390 g/mol. The van der Waals surface area contributed by atoms with Gasteiger partial charge in [-0.2, -0.15) is 0 Å². The summed E-state index contributed by atoms with van der Waals surface area (Å²) in [6.07, 6.45) is 6.15. The maximum absolute atomic E-state index is 12.9. The van der Waals surface area contributed by atoms with Crippen LogP contribution in [0, 0.1) is 5.92 Å². The highest BCUT2D eigenvalue weighted by Crippen LogP contribution is 2.32. The highest BCUT2D eigenvalue weighted by Gasteiger charge is 2.44. The summed E-state index contributed by atoms with van der Waals surface area (Å²) in [5, 5.41) is 2.94. The number of esters is 1. The van der Waals surface area contributed by atoms with Gasteiger partial charge in [0.05, 0.1) is 13.0 Å². The van der Waals surface area contributed by atoms with E-state index < -0.39 is 11.5 Å². The van der Waals surface area contributed by atoms with Gasteiger partial charge in [0.15, 0.2) is 0 Å². The van der Waals surface area contributed by atoms with Gasteiger partial charge in [0.25, 0.3) is 0 Å². The van der Waals surface area contributed by atoms with Crippen molar-refractivity contribution in [1.29, 1.82) is 0 Å². The standard InChI is InChI=1S/C20H26N2O4S/c1-26-19(25)20(10-4-3-5-11-20)21-18(24)14-12-17(23)22(13-14)15-6-8-16(27-2)9-7-15/h6-9,14H,3-5,10-13H2,1-2H3,(H,21,24)/t14-/m1/s1. The molecule has 1 aliphatic heterocycles. The smallest absolute Gasteiger partial charge is 0.331 e. The van der Waals surface area contributed by atoms with Crippen LogP contribution < -0.4 is 10.2 Å². The molecular weight excluding hydrogens is 364 g/mol. The lowest BCUT2D eigenvalue weighted by Crippen LogP contribution is -2.57. The molecule has 1 aromatic rings. The fraction of sp³-hybridized carbons (Fsp3) is 0.550. The molecule has 0 spiro atoms. The lowest BCUT2D eigenvalue weighted by Gasteiger charge is -2.35. The summed E-state index contributed by atoms with van der Waals surface area (Å²) in [4.78, 5) is 40.4. The van der Waals surface area contributed by atoms with Gasteiger partial charge in [-0.3, -0.25) is 9.59 Å². The fourth-order valence-corrected chi connectivity index (χ4v) is 4.37.